The van der Waals surface area contributed by atoms with Gasteiger partial charge in [-0.15, -0.1) is 0 Å². The fourth-order valence-electron chi connectivity index (χ4n) is 2.04. The number of allylic oxidation sites excluding steroid dienone is 2. The van der Waals surface area contributed by atoms with E-state index in [4.69, 9.17) is 16.3 Å². The molecule has 2 atom stereocenters. The minimum atomic E-state index is 0.0619. The molecule has 3 rings (SSSR count). The van der Waals surface area contributed by atoms with Crippen molar-refractivity contribution in [2.24, 2.45) is 0 Å². The monoisotopic (exact) mass is 282 g/mol. The highest BCUT2D eigenvalue weighted by molar-refractivity contribution is 9.10. The van der Waals surface area contributed by atoms with E-state index in [1.807, 2.05) is 24.3 Å². The number of halogens is 2. The minimum Gasteiger partial charge on any atom is -0.485 e. The van der Waals surface area contributed by atoms with Crippen LogP contribution < -0.4 is 4.74 Å². The Kier molecular flexibility index (Phi) is 2.15. The maximum Gasteiger partial charge on any atom is 0.129 e. The van der Waals surface area contributed by atoms with Gasteiger partial charge in [0.05, 0.1) is 0 Å². The summed E-state index contributed by atoms with van der Waals surface area (Å²) in [6, 6.07) is 6.09. The predicted octanol–water partition coefficient (Wildman–Crippen LogP) is 3.99. The summed E-state index contributed by atoms with van der Waals surface area (Å²) in [6.07, 6.45) is 6.06. The van der Waals surface area contributed by atoms with E-state index in [0.717, 1.165) is 15.3 Å². The van der Waals surface area contributed by atoms with Crippen LogP contribution in [-0.4, -0.2) is 6.10 Å². The lowest BCUT2D eigenvalue weighted by atomic mass is 9.92. The van der Waals surface area contributed by atoms with Crippen molar-refractivity contribution in [3.05, 3.63) is 51.5 Å². The van der Waals surface area contributed by atoms with Gasteiger partial charge < -0.3 is 4.74 Å². The highest BCUT2D eigenvalue weighted by Crippen LogP contribution is 2.43. The van der Waals surface area contributed by atoms with Crippen LogP contribution in [-0.2, 0) is 0 Å². The molecule has 0 aromatic heterocycles. The van der Waals surface area contributed by atoms with Crippen LogP contribution in [0.2, 0.25) is 0 Å². The molecule has 2 unspecified atom stereocenters. The molecule has 0 radical (unpaired) electrons. The Bertz CT molecular complexity index is 479. The maximum atomic E-state index is 5.94. The van der Waals surface area contributed by atoms with Crippen LogP contribution in [0.15, 0.2) is 45.9 Å². The number of benzene rings is 1. The Hall–Kier alpha value is -0.730. The van der Waals surface area contributed by atoms with Gasteiger partial charge in [0.15, 0.2) is 0 Å². The van der Waals surface area contributed by atoms with Gasteiger partial charge in [0.25, 0.3) is 0 Å². The molecule has 0 amide bonds. The summed E-state index contributed by atoms with van der Waals surface area (Å²) in [5.41, 5.74) is 1.23. The van der Waals surface area contributed by atoms with Crippen molar-refractivity contribution in [2.45, 2.75) is 12.0 Å². The molecule has 76 valence electrons. The Morgan fingerprint density at radius 2 is 2.20 bits per heavy atom. The molecule has 1 heterocycles. The molecule has 1 aliphatic heterocycles. The normalized spacial score (nSPS) is 26.7. The van der Waals surface area contributed by atoms with Gasteiger partial charge in [0.1, 0.15) is 11.9 Å². The molecular formula is C12H8BrClO. The van der Waals surface area contributed by atoms with Crippen LogP contribution in [0.5, 0.6) is 5.75 Å². The second-order valence-electron chi connectivity index (χ2n) is 3.70. The molecule has 1 nitrogen and oxygen atoms in total. The summed E-state index contributed by atoms with van der Waals surface area (Å²) in [6.45, 7) is 0. The zero-order valence-corrected chi connectivity index (χ0v) is 10.1. The first-order chi connectivity index (χ1) is 7.24. The fourth-order valence-corrected chi connectivity index (χ4v) is 2.62. The van der Waals surface area contributed by atoms with E-state index in [1.54, 1.807) is 0 Å². The molecular weight excluding hydrogens is 275 g/mol. The van der Waals surface area contributed by atoms with E-state index in [9.17, 15) is 0 Å². The van der Waals surface area contributed by atoms with Gasteiger partial charge in [-0.25, -0.2) is 0 Å². The lowest BCUT2D eigenvalue weighted by Crippen LogP contribution is -2.16. The predicted molar refractivity (Wildman–Crippen MR) is 64.4 cm³/mol. The molecule has 2 aliphatic rings. The van der Waals surface area contributed by atoms with Gasteiger partial charge in [-0.05, 0) is 30.4 Å². The van der Waals surface area contributed by atoms with E-state index in [2.05, 4.69) is 28.1 Å². The van der Waals surface area contributed by atoms with Crippen molar-refractivity contribution in [2.75, 3.05) is 0 Å². The zero-order valence-electron chi connectivity index (χ0n) is 7.78. The van der Waals surface area contributed by atoms with Crippen molar-refractivity contribution >= 4 is 27.5 Å². The van der Waals surface area contributed by atoms with E-state index >= 15 is 0 Å². The number of hydrogen-bond acceptors (Lipinski definition) is 1. The Labute approximate surface area is 102 Å². The number of ether oxygens (including phenoxy) is 1. The van der Waals surface area contributed by atoms with Gasteiger partial charge in [-0.1, -0.05) is 33.6 Å². The summed E-state index contributed by atoms with van der Waals surface area (Å²) in [4.78, 5) is 0. The van der Waals surface area contributed by atoms with Crippen LogP contribution in [0, 0.1) is 0 Å². The van der Waals surface area contributed by atoms with E-state index < -0.39 is 0 Å². The van der Waals surface area contributed by atoms with Crippen LogP contribution >= 0.6 is 27.5 Å². The second kappa shape index (κ2) is 3.39. The molecule has 0 saturated carbocycles. The standard InChI is InChI=1S/C12H8BrClO/c13-7-1-4-11-10(5-7)9-3-2-8(14)6-12(9)15-11/h1-6,9,12H. The molecule has 0 fully saturated rings. The average molecular weight is 284 g/mol. The van der Waals surface area contributed by atoms with Crippen LogP contribution in [0.25, 0.3) is 0 Å². The molecule has 1 aromatic rings. The largest absolute Gasteiger partial charge is 0.485 e. The van der Waals surface area contributed by atoms with Crippen LogP contribution in [0.4, 0.5) is 0 Å². The zero-order chi connectivity index (χ0) is 10.4. The average Bonchev–Trinajstić information content (AvgIpc) is 2.54. The van der Waals surface area contributed by atoms with Crippen molar-refractivity contribution in [3.63, 3.8) is 0 Å². The summed E-state index contributed by atoms with van der Waals surface area (Å²) < 4.78 is 6.89. The van der Waals surface area contributed by atoms with Gasteiger partial charge >= 0.3 is 0 Å². The first-order valence-electron chi connectivity index (χ1n) is 4.76. The van der Waals surface area contributed by atoms with Gasteiger partial charge in [0.2, 0.25) is 0 Å². The molecule has 0 bridgehead atoms. The van der Waals surface area contributed by atoms with Crippen LogP contribution in [0.3, 0.4) is 0 Å². The summed E-state index contributed by atoms with van der Waals surface area (Å²) in [7, 11) is 0. The molecule has 1 aromatic carbocycles. The van der Waals surface area contributed by atoms with E-state index in [0.29, 0.717) is 5.92 Å². The summed E-state index contributed by atoms with van der Waals surface area (Å²) >= 11 is 9.41. The Morgan fingerprint density at radius 3 is 3.07 bits per heavy atom. The number of rotatable bonds is 0. The maximum absolute atomic E-state index is 5.94. The van der Waals surface area contributed by atoms with Crippen molar-refractivity contribution in [1.29, 1.82) is 0 Å². The first-order valence-corrected chi connectivity index (χ1v) is 5.93. The molecule has 0 saturated heterocycles. The van der Waals surface area contributed by atoms with Crippen molar-refractivity contribution in [1.82, 2.24) is 0 Å². The quantitative estimate of drug-likeness (QED) is 0.699. The summed E-state index contributed by atoms with van der Waals surface area (Å²) in [5.74, 6) is 1.26. The van der Waals surface area contributed by atoms with Gasteiger partial charge in [-0.2, -0.15) is 0 Å². The van der Waals surface area contributed by atoms with E-state index in [-0.39, 0.29) is 6.10 Å². The SMILES string of the molecule is ClC1=CC2Oc3ccc(Br)cc3C2C=C1. The third-order valence-electron chi connectivity index (χ3n) is 2.73. The van der Waals surface area contributed by atoms with Crippen molar-refractivity contribution in [3.8, 4) is 5.75 Å². The second-order valence-corrected chi connectivity index (χ2v) is 5.05. The lowest BCUT2D eigenvalue weighted by molar-refractivity contribution is 0.268. The number of fused-ring (bicyclic) bond motifs is 3. The fraction of sp³-hybridized carbons (Fsp3) is 0.167. The molecule has 3 heteroatoms. The highest BCUT2D eigenvalue weighted by atomic mass is 79.9. The highest BCUT2D eigenvalue weighted by Gasteiger charge is 2.32. The van der Waals surface area contributed by atoms with Gasteiger partial charge in [0, 0.05) is 21.0 Å². The van der Waals surface area contributed by atoms with Crippen LogP contribution in [0.1, 0.15) is 11.5 Å². The Morgan fingerprint density at radius 1 is 1.33 bits per heavy atom. The lowest BCUT2D eigenvalue weighted by Gasteiger charge is -2.15. The topological polar surface area (TPSA) is 9.23 Å². The third kappa shape index (κ3) is 1.52. The van der Waals surface area contributed by atoms with Crippen molar-refractivity contribution < 1.29 is 4.74 Å². The molecule has 1 aliphatic carbocycles. The molecule has 0 spiro atoms. The first kappa shape index (κ1) is 9.49. The minimum absolute atomic E-state index is 0.0619. The number of hydrogen-bond donors (Lipinski definition) is 0. The van der Waals surface area contributed by atoms with Gasteiger partial charge in [-0.3, -0.25) is 0 Å². The van der Waals surface area contributed by atoms with E-state index in [1.165, 1.54) is 5.56 Å². The Balaban J connectivity index is 2.08. The third-order valence-corrected chi connectivity index (χ3v) is 3.48. The molecule has 0 N–H and O–H groups in total. The smallest absolute Gasteiger partial charge is 0.129 e. The summed E-state index contributed by atoms with van der Waals surface area (Å²) in [5, 5.41) is 0.753. The molecule has 15 heavy (non-hydrogen) atoms.